The summed E-state index contributed by atoms with van der Waals surface area (Å²) in [4.78, 5) is 1.07. The minimum Gasteiger partial charge on any atom is -0.497 e. The molecule has 0 aliphatic rings. The first-order valence-electron chi connectivity index (χ1n) is 5.40. The fourth-order valence-electron chi connectivity index (χ4n) is 1.49. The van der Waals surface area contributed by atoms with Crippen molar-refractivity contribution >= 4 is 27.7 Å². The molecule has 0 aliphatic carbocycles. The average Bonchev–Trinajstić information content (AvgIpc) is 2.38. The van der Waals surface area contributed by atoms with Crippen LogP contribution in [0.1, 0.15) is 5.56 Å². The van der Waals surface area contributed by atoms with E-state index in [0.29, 0.717) is 11.3 Å². The highest BCUT2D eigenvalue weighted by molar-refractivity contribution is 9.10. The number of halogens is 2. The van der Waals surface area contributed by atoms with Crippen molar-refractivity contribution in [3.8, 4) is 5.75 Å². The molecule has 0 unspecified atom stereocenters. The van der Waals surface area contributed by atoms with Crippen molar-refractivity contribution in [2.24, 2.45) is 0 Å². The number of hydrogen-bond acceptors (Lipinski definition) is 2. The van der Waals surface area contributed by atoms with Crippen molar-refractivity contribution in [1.29, 1.82) is 0 Å². The van der Waals surface area contributed by atoms with Gasteiger partial charge in [0.05, 0.1) is 7.11 Å². The molecule has 0 atom stereocenters. The molecule has 0 radical (unpaired) electrons. The summed E-state index contributed by atoms with van der Waals surface area (Å²) >= 11 is 4.84. The molecule has 0 amide bonds. The number of benzene rings is 2. The molecule has 1 nitrogen and oxygen atoms in total. The van der Waals surface area contributed by atoms with Crippen molar-refractivity contribution in [3.63, 3.8) is 0 Å². The van der Waals surface area contributed by atoms with E-state index in [1.807, 2.05) is 30.3 Å². The zero-order valence-corrected chi connectivity index (χ0v) is 12.2. The standard InChI is InChI=1S/C14H12BrFOS/c1-17-12-3-2-4-13(8-12)18-9-10-5-6-11(15)7-14(10)16/h2-8H,9H2,1H3. The monoisotopic (exact) mass is 326 g/mol. The Kier molecular flexibility index (Phi) is 4.66. The lowest BCUT2D eigenvalue weighted by Crippen LogP contribution is -1.88. The Labute approximate surface area is 118 Å². The van der Waals surface area contributed by atoms with Crippen LogP contribution in [0.15, 0.2) is 51.8 Å². The van der Waals surface area contributed by atoms with Crippen molar-refractivity contribution in [3.05, 3.63) is 58.3 Å². The first-order chi connectivity index (χ1) is 8.69. The molecule has 18 heavy (non-hydrogen) atoms. The van der Waals surface area contributed by atoms with Crippen LogP contribution in [-0.4, -0.2) is 7.11 Å². The number of methoxy groups -OCH3 is 1. The smallest absolute Gasteiger partial charge is 0.128 e. The second kappa shape index (κ2) is 6.25. The van der Waals surface area contributed by atoms with Crippen molar-refractivity contribution in [2.45, 2.75) is 10.6 Å². The summed E-state index contributed by atoms with van der Waals surface area (Å²) in [6.07, 6.45) is 0. The highest BCUT2D eigenvalue weighted by atomic mass is 79.9. The van der Waals surface area contributed by atoms with E-state index in [1.165, 1.54) is 6.07 Å². The van der Waals surface area contributed by atoms with E-state index in [2.05, 4.69) is 15.9 Å². The van der Waals surface area contributed by atoms with Gasteiger partial charge in [-0.15, -0.1) is 11.8 Å². The van der Waals surface area contributed by atoms with Gasteiger partial charge >= 0.3 is 0 Å². The molecule has 0 saturated heterocycles. The predicted molar refractivity (Wildman–Crippen MR) is 76.7 cm³/mol. The zero-order valence-electron chi connectivity index (χ0n) is 9.82. The van der Waals surface area contributed by atoms with Crippen LogP contribution in [0.5, 0.6) is 5.75 Å². The molecule has 0 bridgehead atoms. The van der Waals surface area contributed by atoms with Gasteiger partial charge in [-0.25, -0.2) is 4.39 Å². The highest BCUT2D eigenvalue weighted by Gasteiger charge is 2.04. The third-order valence-electron chi connectivity index (χ3n) is 2.45. The first kappa shape index (κ1) is 13.4. The Bertz CT molecular complexity index is 545. The van der Waals surface area contributed by atoms with Gasteiger partial charge in [0.25, 0.3) is 0 Å². The fourth-order valence-corrected chi connectivity index (χ4v) is 2.75. The van der Waals surface area contributed by atoms with Crippen molar-refractivity contribution < 1.29 is 9.13 Å². The van der Waals surface area contributed by atoms with Gasteiger partial charge in [0, 0.05) is 15.1 Å². The van der Waals surface area contributed by atoms with Crippen LogP contribution in [0.2, 0.25) is 0 Å². The molecule has 2 rings (SSSR count). The Hall–Kier alpha value is -1.00. The van der Waals surface area contributed by atoms with E-state index >= 15 is 0 Å². The summed E-state index contributed by atoms with van der Waals surface area (Å²) in [6, 6.07) is 12.9. The average molecular weight is 327 g/mol. The molecule has 4 heteroatoms. The molecule has 0 saturated carbocycles. The molecule has 0 aromatic heterocycles. The van der Waals surface area contributed by atoms with Crippen LogP contribution in [-0.2, 0) is 5.75 Å². The Morgan fingerprint density at radius 3 is 2.78 bits per heavy atom. The molecule has 0 aliphatic heterocycles. The number of hydrogen-bond donors (Lipinski definition) is 0. The van der Waals surface area contributed by atoms with Gasteiger partial charge in [-0.2, -0.15) is 0 Å². The molecule has 2 aromatic carbocycles. The minimum absolute atomic E-state index is 0.181. The topological polar surface area (TPSA) is 9.23 Å². The summed E-state index contributed by atoms with van der Waals surface area (Å²) in [6.45, 7) is 0. The van der Waals surface area contributed by atoms with E-state index in [1.54, 1.807) is 24.9 Å². The lowest BCUT2D eigenvalue weighted by molar-refractivity contribution is 0.413. The van der Waals surface area contributed by atoms with Crippen LogP contribution >= 0.6 is 27.7 Å². The zero-order chi connectivity index (χ0) is 13.0. The lowest BCUT2D eigenvalue weighted by atomic mass is 10.2. The van der Waals surface area contributed by atoms with Gasteiger partial charge in [0.1, 0.15) is 11.6 Å². The van der Waals surface area contributed by atoms with Gasteiger partial charge in [-0.05, 0) is 35.9 Å². The third kappa shape index (κ3) is 3.50. The Morgan fingerprint density at radius 2 is 2.06 bits per heavy atom. The Balaban J connectivity index is 2.06. The van der Waals surface area contributed by atoms with Crippen molar-refractivity contribution in [2.75, 3.05) is 7.11 Å². The van der Waals surface area contributed by atoms with E-state index in [9.17, 15) is 4.39 Å². The molecule has 0 N–H and O–H groups in total. The predicted octanol–water partition coefficient (Wildman–Crippen LogP) is 4.89. The second-order valence-corrected chi connectivity index (χ2v) is 5.67. The highest BCUT2D eigenvalue weighted by Crippen LogP contribution is 2.27. The van der Waals surface area contributed by atoms with E-state index in [4.69, 9.17) is 4.74 Å². The quantitative estimate of drug-likeness (QED) is 0.740. The van der Waals surface area contributed by atoms with Crippen LogP contribution in [0.3, 0.4) is 0 Å². The van der Waals surface area contributed by atoms with Crippen LogP contribution < -0.4 is 4.74 Å². The van der Waals surface area contributed by atoms with Crippen LogP contribution in [0, 0.1) is 5.82 Å². The Morgan fingerprint density at radius 1 is 1.22 bits per heavy atom. The summed E-state index contributed by atoms with van der Waals surface area (Å²) in [5.74, 6) is 1.24. The lowest BCUT2D eigenvalue weighted by Gasteiger charge is -2.05. The summed E-state index contributed by atoms with van der Waals surface area (Å²) < 4.78 is 19.5. The maximum atomic E-state index is 13.6. The maximum absolute atomic E-state index is 13.6. The van der Waals surface area contributed by atoms with Gasteiger partial charge < -0.3 is 4.74 Å². The summed E-state index contributed by atoms with van der Waals surface area (Å²) in [5.41, 5.74) is 0.700. The molecule has 2 aromatic rings. The van der Waals surface area contributed by atoms with E-state index in [0.717, 1.165) is 15.1 Å². The largest absolute Gasteiger partial charge is 0.497 e. The third-order valence-corrected chi connectivity index (χ3v) is 3.99. The van der Waals surface area contributed by atoms with Gasteiger partial charge in [0.15, 0.2) is 0 Å². The normalized spacial score (nSPS) is 10.4. The fraction of sp³-hybridized carbons (Fsp3) is 0.143. The first-order valence-corrected chi connectivity index (χ1v) is 7.17. The summed E-state index contributed by atoms with van der Waals surface area (Å²) in [7, 11) is 1.64. The molecule has 0 heterocycles. The van der Waals surface area contributed by atoms with E-state index in [-0.39, 0.29) is 5.82 Å². The molecular formula is C14H12BrFOS. The van der Waals surface area contributed by atoms with Crippen LogP contribution in [0.25, 0.3) is 0 Å². The number of thioether (sulfide) groups is 1. The SMILES string of the molecule is COc1cccc(SCc2ccc(Br)cc2F)c1. The molecule has 0 fully saturated rings. The molecule has 94 valence electrons. The second-order valence-electron chi connectivity index (χ2n) is 3.70. The van der Waals surface area contributed by atoms with Crippen LogP contribution in [0.4, 0.5) is 4.39 Å². The van der Waals surface area contributed by atoms with Crippen molar-refractivity contribution in [1.82, 2.24) is 0 Å². The minimum atomic E-state index is -0.181. The molecule has 0 spiro atoms. The number of ether oxygens (including phenoxy) is 1. The number of rotatable bonds is 4. The molecular weight excluding hydrogens is 315 g/mol. The van der Waals surface area contributed by atoms with Gasteiger partial charge in [-0.3, -0.25) is 0 Å². The maximum Gasteiger partial charge on any atom is 0.128 e. The summed E-state index contributed by atoms with van der Waals surface area (Å²) in [5, 5.41) is 0. The van der Waals surface area contributed by atoms with E-state index < -0.39 is 0 Å². The van der Waals surface area contributed by atoms with Gasteiger partial charge in [0.2, 0.25) is 0 Å². The van der Waals surface area contributed by atoms with Gasteiger partial charge in [-0.1, -0.05) is 28.1 Å².